The zero-order valence-electron chi connectivity index (χ0n) is 11.0. The average molecular weight is 261 g/mol. The van der Waals surface area contributed by atoms with Crippen LogP contribution in [0.25, 0.3) is 0 Å². The Kier molecular flexibility index (Phi) is 4.52. The first kappa shape index (κ1) is 13.5. The van der Waals surface area contributed by atoms with Gasteiger partial charge < -0.3 is 15.4 Å². The minimum absolute atomic E-state index is 0.247. The highest BCUT2D eigenvalue weighted by atomic mass is 16.5. The first-order chi connectivity index (χ1) is 9.19. The van der Waals surface area contributed by atoms with Gasteiger partial charge in [0.2, 0.25) is 5.89 Å². The van der Waals surface area contributed by atoms with E-state index in [1.165, 1.54) is 0 Å². The van der Waals surface area contributed by atoms with Gasteiger partial charge in [-0.1, -0.05) is 30.6 Å². The number of phenolic OH excluding ortho intramolecular Hbond substituents is 1. The van der Waals surface area contributed by atoms with Gasteiger partial charge in [-0.25, -0.2) is 0 Å². The summed E-state index contributed by atoms with van der Waals surface area (Å²) in [5.41, 5.74) is 7.07. The molecule has 0 saturated heterocycles. The lowest BCUT2D eigenvalue weighted by Gasteiger charge is -2.06. The van der Waals surface area contributed by atoms with Crippen molar-refractivity contribution in [3.8, 4) is 5.75 Å². The van der Waals surface area contributed by atoms with Gasteiger partial charge in [0.25, 0.3) is 0 Å². The fourth-order valence-electron chi connectivity index (χ4n) is 1.83. The number of benzene rings is 1. The molecular formula is C14H19N3O2. The maximum Gasteiger partial charge on any atom is 0.243 e. The molecule has 1 atom stereocenters. The summed E-state index contributed by atoms with van der Waals surface area (Å²) < 4.78 is 5.18. The van der Waals surface area contributed by atoms with Gasteiger partial charge in [-0.2, -0.15) is 4.98 Å². The molecule has 0 radical (unpaired) electrons. The van der Waals surface area contributed by atoms with E-state index in [4.69, 9.17) is 10.3 Å². The van der Waals surface area contributed by atoms with Gasteiger partial charge in [0, 0.05) is 6.42 Å². The Morgan fingerprint density at radius 1 is 1.32 bits per heavy atom. The molecule has 5 nitrogen and oxygen atoms in total. The van der Waals surface area contributed by atoms with Crippen molar-refractivity contribution >= 4 is 0 Å². The summed E-state index contributed by atoms with van der Waals surface area (Å²) in [5.74, 6) is 1.44. The summed E-state index contributed by atoms with van der Waals surface area (Å²) in [6.45, 7) is 2.12. The van der Waals surface area contributed by atoms with Crippen LogP contribution in [0, 0.1) is 0 Å². The molecule has 0 bridgehead atoms. The zero-order chi connectivity index (χ0) is 13.7. The van der Waals surface area contributed by atoms with Crippen molar-refractivity contribution in [2.45, 2.75) is 38.6 Å². The van der Waals surface area contributed by atoms with Crippen LogP contribution in [-0.2, 0) is 12.8 Å². The molecular weight excluding hydrogens is 242 g/mol. The van der Waals surface area contributed by atoms with Crippen LogP contribution in [-0.4, -0.2) is 15.2 Å². The van der Waals surface area contributed by atoms with Crippen LogP contribution in [0.3, 0.4) is 0 Å². The minimum atomic E-state index is -0.313. The lowest BCUT2D eigenvalue weighted by Crippen LogP contribution is -2.13. The van der Waals surface area contributed by atoms with Gasteiger partial charge in [0.1, 0.15) is 5.75 Å². The van der Waals surface area contributed by atoms with Crippen molar-refractivity contribution in [3.63, 3.8) is 0 Å². The van der Waals surface area contributed by atoms with Crippen molar-refractivity contribution in [3.05, 3.63) is 41.5 Å². The Morgan fingerprint density at radius 2 is 2.05 bits per heavy atom. The summed E-state index contributed by atoms with van der Waals surface area (Å²) in [4.78, 5) is 4.31. The van der Waals surface area contributed by atoms with E-state index >= 15 is 0 Å². The fraction of sp³-hybridized carbons (Fsp3) is 0.429. The Bertz CT molecular complexity index is 508. The Morgan fingerprint density at radius 3 is 2.74 bits per heavy atom. The smallest absolute Gasteiger partial charge is 0.243 e. The van der Waals surface area contributed by atoms with Crippen LogP contribution in [0.1, 0.15) is 43.1 Å². The van der Waals surface area contributed by atoms with E-state index in [9.17, 15) is 5.11 Å². The Balaban J connectivity index is 1.97. The number of hydrogen-bond acceptors (Lipinski definition) is 5. The molecule has 0 aliphatic rings. The van der Waals surface area contributed by atoms with E-state index in [2.05, 4.69) is 17.1 Å². The van der Waals surface area contributed by atoms with E-state index < -0.39 is 0 Å². The van der Waals surface area contributed by atoms with Gasteiger partial charge in [-0.3, -0.25) is 0 Å². The van der Waals surface area contributed by atoms with Gasteiger partial charge in [-0.15, -0.1) is 0 Å². The number of aryl methyl sites for hydroxylation is 1. The largest absolute Gasteiger partial charge is 0.508 e. The third-order valence-corrected chi connectivity index (χ3v) is 2.95. The maximum atomic E-state index is 9.22. The third kappa shape index (κ3) is 3.79. The molecule has 3 N–H and O–H groups in total. The first-order valence-electron chi connectivity index (χ1n) is 6.55. The second kappa shape index (κ2) is 6.33. The average Bonchev–Trinajstić information content (AvgIpc) is 2.88. The quantitative estimate of drug-likeness (QED) is 0.833. The molecule has 1 aromatic carbocycles. The molecule has 1 unspecified atom stereocenters. The number of unbranched alkanes of at least 4 members (excludes halogenated alkanes) is 1. The number of hydrogen-bond donors (Lipinski definition) is 2. The molecule has 2 rings (SSSR count). The second-order valence-corrected chi connectivity index (χ2v) is 4.63. The molecule has 0 fully saturated rings. The van der Waals surface area contributed by atoms with Crippen molar-refractivity contribution in [1.29, 1.82) is 0 Å². The van der Waals surface area contributed by atoms with Crippen molar-refractivity contribution in [2.24, 2.45) is 5.73 Å². The van der Waals surface area contributed by atoms with Crippen molar-refractivity contribution in [1.82, 2.24) is 10.1 Å². The summed E-state index contributed by atoms with van der Waals surface area (Å²) in [5, 5.41) is 13.1. The normalized spacial score (nSPS) is 12.5. The maximum absolute atomic E-state index is 9.22. The van der Waals surface area contributed by atoms with Crippen molar-refractivity contribution < 1.29 is 9.63 Å². The topological polar surface area (TPSA) is 85.2 Å². The molecule has 2 aromatic rings. The van der Waals surface area contributed by atoms with Gasteiger partial charge in [0.15, 0.2) is 5.82 Å². The van der Waals surface area contributed by atoms with Gasteiger partial charge >= 0.3 is 0 Å². The lowest BCUT2D eigenvalue weighted by molar-refractivity contribution is 0.350. The highest BCUT2D eigenvalue weighted by Crippen LogP contribution is 2.17. The third-order valence-electron chi connectivity index (χ3n) is 2.95. The van der Waals surface area contributed by atoms with E-state index in [1.807, 2.05) is 12.1 Å². The molecule has 19 heavy (non-hydrogen) atoms. The highest BCUT2D eigenvalue weighted by Gasteiger charge is 2.15. The van der Waals surface area contributed by atoms with Crippen LogP contribution < -0.4 is 5.73 Å². The van der Waals surface area contributed by atoms with Crippen molar-refractivity contribution in [2.75, 3.05) is 0 Å². The fourth-order valence-corrected chi connectivity index (χ4v) is 1.83. The van der Waals surface area contributed by atoms with E-state index in [1.54, 1.807) is 12.1 Å². The number of phenols is 1. The summed E-state index contributed by atoms with van der Waals surface area (Å²) >= 11 is 0. The Labute approximate surface area is 112 Å². The first-order valence-corrected chi connectivity index (χ1v) is 6.55. The molecule has 102 valence electrons. The monoisotopic (exact) mass is 261 g/mol. The minimum Gasteiger partial charge on any atom is -0.508 e. The molecule has 5 heteroatoms. The predicted molar refractivity (Wildman–Crippen MR) is 71.6 cm³/mol. The number of nitrogens with two attached hydrogens (primary N) is 1. The van der Waals surface area contributed by atoms with E-state index in [0.717, 1.165) is 30.7 Å². The van der Waals surface area contributed by atoms with Crippen LogP contribution in [0.5, 0.6) is 5.75 Å². The highest BCUT2D eigenvalue weighted by molar-refractivity contribution is 5.26. The number of aromatic hydroxyl groups is 1. The lowest BCUT2D eigenvalue weighted by atomic mass is 10.1. The Hall–Kier alpha value is -1.88. The molecule has 0 aliphatic carbocycles. The zero-order valence-corrected chi connectivity index (χ0v) is 11.0. The molecule has 1 heterocycles. The predicted octanol–water partition coefficient (Wildman–Crippen LogP) is 2.36. The van der Waals surface area contributed by atoms with Crippen LogP contribution in [0.4, 0.5) is 0 Å². The molecule has 0 spiro atoms. The summed E-state index contributed by atoms with van der Waals surface area (Å²) in [7, 11) is 0. The van der Waals surface area contributed by atoms with Crippen LogP contribution >= 0.6 is 0 Å². The molecule has 0 aliphatic heterocycles. The van der Waals surface area contributed by atoms with Gasteiger partial charge in [0.05, 0.1) is 6.04 Å². The summed E-state index contributed by atoms with van der Waals surface area (Å²) in [6.07, 6.45) is 3.58. The van der Waals surface area contributed by atoms with E-state index in [-0.39, 0.29) is 11.8 Å². The SMILES string of the molecule is CCCCc1noc(C(N)Cc2ccc(O)cc2)n1. The van der Waals surface area contributed by atoms with E-state index in [0.29, 0.717) is 12.3 Å². The molecule has 1 aromatic heterocycles. The molecule has 0 saturated carbocycles. The molecule has 0 amide bonds. The van der Waals surface area contributed by atoms with Crippen LogP contribution in [0.2, 0.25) is 0 Å². The summed E-state index contributed by atoms with van der Waals surface area (Å²) in [6, 6.07) is 6.64. The second-order valence-electron chi connectivity index (χ2n) is 4.63. The number of nitrogens with zero attached hydrogens (tertiary/aromatic N) is 2. The van der Waals surface area contributed by atoms with Gasteiger partial charge in [-0.05, 0) is 30.5 Å². The number of aromatic nitrogens is 2. The standard InChI is InChI=1S/C14H19N3O2/c1-2-3-4-13-16-14(19-17-13)12(15)9-10-5-7-11(18)8-6-10/h5-8,12,18H,2-4,9,15H2,1H3. The number of rotatable bonds is 6. The van der Waals surface area contributed by atoms with Crippen LogP contribution in [0.15, 0.2) is 28.8 Å².